The molecule has 0 spiro atoms. The van der Waals surface area contributed by atoms with Gasteiger partial charge in [0.2, 0.25) is 0 Å². The van der Waals surface area contributed by atoms with Crippen LogP contribution in [0.25, 0.3) is 0 Å². The molecule has 0 radical (unpaired) electrons. The highest BCUT2D eigenvalue weighted by Crippen LogP contribution is 2.60. The molecular formula is C15H16F13NO4. The van der Waals surface area contributed by atoms with Gasteiger partial charge >= 0.3 is 47.9 Å². The number of nitrogens with one attached hydrogen (secondary N) is 1. The molecule has 0 rings (SSSR count). The van der Waals surface area contributed by atoms with Crippen molar-refractivity contribution in [1.29, 1.82) is 0 Å². The van der Waals surface area contributed by atoms with Crippen LogP contribution in [0.5, 0.6) is 0 Å². The molecule has 0 aliphatic heterocycles. The van der Waals surface area contributed by atoms with Crippen LogP contribution < -0.4 is 5.32 Å². The maximum Gasteiger partial charge on any atom is 0.460 e. The lowest BCUT2D eigenvalue weighted by Gasteiger charge is -2.40. The lowest BCUT2D eigenvalue weighted by Crippen LogP contribution is -2.70. The van der Waals surface area contributed by atoms with Crippen LogP contribution in [0.4, 0.5) is 61.9 Å². The fraction of sp³-hybridized carbons (Fsp3) is 0.867. The first-order valence-electron chi connectivity index (χ1n) is 8.22. The number of hydrogen-bond acceptors (Lipinski definition) is 4. The summed E-state index contributed by atoms with van der Waals surface area (Å²) >= 11 is 0. The second kappa shape index (κ2) is 8.88. The topological polar surface area (TPSA) is 64.6 Å². The van der Waals surface area contributed by atoms with Crippen LogP contribution in [0.2, 0.25) is 0 Å². The molecule has 33 heavy (non-hydrogen) atoms. The van der Waals surface area contributed by atoms with Gasteiger partial charge in [-0.3, -0.25) is 0 Å². The monoisotopic (exact) mass is 521 g/mol. The van der Waals surface area contributed by atoms with Gasteiger partial charge in [-0.2, -0.15) is 57.1 Å². The number of hydrogen-bond donors (Lipinski definition) is 1. The van der Waals surface area contributed by atoms with Gasteiger partial charge < -0.3 is 14.8 Å². The fourth-order valence-corrected chi connectivity index (χ4v) is 1.95. The summed E-state index contributed by atoms with van der Waals surface area (Å²) in [6, 6.07) is -3.02. The van der Waals surface area contributed by atoms with Crippen molar-refractivity contribution < 1.29 is 76.1 Å². The standard InChI is InChI=1S/C15H16F13NO4/c1-9(2,3)33-7(30)6(29-8(31)32-4)5-10(16,17)11(18,19)12(20,21)13(22,23)14(24,25)15(26,27)28/h6H,5H2,1-4H3,(H,29,31). The number of alkyl halides is 13. The zero-order valence-electron chi connectivity index (χ0n) is 16.8. The third kappa shape index (κ3) is 5.85. The Morgan fingerprint density at radius 3 is 1.45 bits per heavy atom. The molecule has 18 heteroatoms. The van der Waals surface area contributed by atoms with Gasteiger partial charge in [0.15, 0.2) is 0 Å². The summed E-state index contributed by atoms with van der Waals surface area (Å²) in [5.74, 6) is -40.2. The minimum Gasteiger partial charge on any atom is -0.458 e. The van der Waals surface area contributed by atoms with Crippen molar-refractivity contribution in [2.45, 2.75) is 74.6 Å². The Morgan fingerprint density at radius 1 is 0.727 bits per heavy atom. The van der Waals surface area contributed by atoms with Crippen LogP contribution >= 0.6 is 0 Å². The molecule has 5 nitrogen and oxygen atoms in total. The van der Waals surface area contributed by atoms with Gasteiger partial charge in [-0.05, 0) is 20.8 Å². The van der Waals surface area contributed by atoms with Crippen LogP contribution in [0, 0.1) is 0 Å². The number of ether oxygens (including phenoxy) is 2. The fourth-order valence-electron chi connectivity index (χ4n) is 1.95. The van der Waals surface area contributed by atoms with Crippen molar-refractivity contribution in [1.82, 2.24) is 5.32 Å². The zero-order valence-corrected chi connectivity index (χ0v) is 16.8. The number of carbonyl (C=O) groups excluding carboxylic acids is 2. The van der Waals surface area contributed by atoms with E-state index in [1.54, 1.807) is 0 Å². The summed E-state index contributed by atoms with van der Waals surface area (Å²) in [6.07, 6.45) is -12.4. The van der Waals surface area contributed by atoms with Gasteiger partial charge in [0, 0.05) is 6.42 Å². The van der Waals surface area contributed by atoms with Crippen molar-refractivity contribution in [3.63, 3.8) is 0 Å². The molecule has 1 atom stereocenters. The predicted octanol–water partition coefficient (Wildman–Crippen LogP) is 5.18. The van der Waals surface area contributed by atoms with Crippen LogP contribution in [0.15, 0.2) is 0 Å². The van der Waals surface area contributed by atoms with Crippen LogP contribution in [0.1, 0.15) is 27.2 Å². The zero-order chi connectivity index (χ0) is 27.1. The van der Waals surface area contributed by atoms with E-state index < -0.39 is 65.9 Å². The number of esters is 1. The molecule has 0 aliphatic rings. The summed E-state index contributed by atoms with van der Waals surface area (Å²) in [5, 5.41) is 1.15. The minimum absolute atomic E-state index is 0.558. The SMILES string of the molecule is COC(=O)NC(CC(F)(F)C(F)(F)C(F)(F)C(F)(F)C(F)(F)C(F)(F)F)C(=O)OC(C)(C)C. The van der Waals surface area contributed by atoms with E-state index in [2.05, 4.69) is 9.47 Å². The molecule has 0 aromatic carbocycles. The number of halogens is 13. The largest absolute Gasteiger partial charge is 0.460 e. The molecule has 0 saturated heterocycles. The van der Waals surface area contributed by atoms with Gasteiger partial charge in [0.1, 0.15) is 11.6 Å². The quantitative estimate of drug-likeness (QED) is 0.353. The normalized spacial score (nSPS) is 15.7. The Morgan fingerprint density at radius 2 is 1.12 bits per heavy atom. The third-order valence-corrected chi connectivity index (χ3v) is 3.63. The highest BCUT2D eigenvalue weighted by molar-refractivity contribution is 5.81. The Hall–Kier alpha value is -2.17. The second-order valence-electron chi connectivity index (χ2n) is 7.43. The lowest BCUT2D eigenvalue weighted by molar-refractivity contribution is -0.440. The van der Waals surface area contributed by atoms with Gasteiger partial charge in [0.05, 0.1) is 7.11 Å². The predicted molar refractivity (Wildman–Crippen MR) is 80.6 cm³/mol. The van der Waals surface area contributed by atoms with E-state index >= 15 is 0 Å². The molecular weight excluding hydrogens is 505 g/mol. The average Bonchev–Trinajstić information content (AvgIpc) is 2.57. The smallest absolute Gasteiger partial charge is 0.458 e. The van der Waals surface area contributed by atoms with Crippen LogP contribution in [0.3, 0.4) is 0 Å². The van der Waals surface area contributed by atoms with Gasteiger partial charge in [-0.25, -0.2) is 9.59 Å². The summed E-state index contributed by atoms with van der Waals surface area (Å²) in [5.41, 5.74) is -1.57. The van der Waals surface area contributed by atoms with E-state index in [1.807, 2.05) is 0 Å². The van der Waals surface area contributed by atoms with Crippen molar-refractivity contribution in [2.24, 2.45) is 0 Å². The van der Waals surface area contributed by atoms with E-state index in [4.69, 9.17) is 0 Å². The number of carbonyl (C=O) groups is 2. The third-order valence-electron chi connectivity index (χ3n) is 3.63. The van der Waals surface area contributed by atoms with E-state index in [9.17, 15) is 66.7 Å². The van der Waals surface area contributed by atoms with Crippen molar-refractivity contribution >= 4 is 12.1 Å². The first kappa shape index (κ1) is 30.8. The number of alkyl carbamates (subject to hydrolysis) is 1. The molecule has 1 amide bonds. The average molecular weight is 521 g/mol. The van der Waals surface area contributed by atoms with Crippen molar-refractivity contribution in [2.75, 3.05) is 7.11 Å². The molecule has 0 aliphatic carbocycles. The van der Waals surface area contributed by atoms with E-state index in [0.29, 0.717) is 7.11 Å². The summed E-state index contributed by atoms with van der Waals surface area (Å²) < 4.78 is 180. The number of rotatable bonds is 8. The maximum atomic E-state index is 14.0. The Balaban J connectivity index is 6.38. The first-order valence-corrected chi connectivity index (χ1v) is 8.22. The highest BCUT2D eigenvalue weighted by Gasteiger charge is 2.90. The molecule has 0 fully saturated rings. The lowest BCUT2D eigenvalue weighted by atomic mass is 9.91. The van der Waals surface area contributed by atoms with Crippen molar-refractivity contribution in [3.8, 4) is 0 Å². The molecule has 0 aromatic rings. The second-order valence-corrected chi connectivity index (χ2v) is 7.43. The molecule has 0 aromatic heterocycles. The molecule has 0 heterocycles. The first-order chi connectivity index (χ1) is 14.2. The number of methoxy groups -OCH3 is 1. The van der Waals surface area contributed by atoms with Crippen molar-refractivity contribution in [3.05, 3.63) is 0 Å². The summed E-state index contributed by atoms with van der Waals surface area (Å²) in [6.45, 7) is 3.25. The molecule has 196 valence electrons. The summed E-state index contributed by atoms with van der Waals surface area (Å²) in [4.78, 5) is 23.0. The Bertz CT molecular complexity index is 728. The van der Waals surface area contributed by atoms with Gasteiger partial charge in [-0.15, -0.1) is 0 Å². The highest BCUT2D eigenvalue weighted by atomic mass is 19.4. The molecule has 0 saturated carbocycles. The number of amides is 1. The Kier molecular flexibility index (Phi) is 8.30. The summed E-state index contributed by atoms with van der Waals surface area (Å²) in [7, 11) is 0.558. The maximum absolute atomic E-state index is 14.0. The molecule has 1 N–H and O–H groups in total. The van der Waals surface area contributed by atoms with Crippen LogP contribution in [-0.4, -0.2) is 66.6 Å². The Labute approximate surface area is 176 Å². The van der Waals surface area contributed by atoms with E-state index in [-0.39, 0.29) is 0 Å². The van der Waals surface area contributed by atoms with E-state index in [1.165, 1.54) is 0 Å². The van der Waals surface area contributed by atoms with Crippen LogP contribution in [-0.2, 0) is 14.3 Å². The minimum atomic E-state index is -8.08. The van der Waals surface area contributed by atoms with Gasteiger partial charge in [-0.1, -0.05) is 0 Å². The molecule has 1 unspecified atom stereocenters. The van der Waals surface area contributed by atoms with E-state index in [0.717, 1.165) is 26.1 Å². The molecule has 0 bridgehead atoms. The van der Waals surface area contributed by atoms with Gasteiger partial charge in [0.25, 0.3) is 0 Å².